The molecule has 1 aliphatic heterocycles. The molecule has 1 fully saturated rings. The summed E-state index contributed by atoms with van der Waals surface area (Å²) in [5.74, 6) is 1.75. The molecule has 1 aliphatic rings. The summed E-state index contributed by atoms with van der Waals surface area (Å²) in [5.41, 5.74) is 3.54. The molecule has 4 heteroatoms. The van der Waals surface area contributed by atoms with Crippen molar-refractivity contribution in [3.8, 4) is 5.75 Å². The van der Waals surface area contributed by atoms with Crippen LogP contribution < -0.4 is 4.74 Å². The smallest absolute Gasteiger partial charge is 0.125 e. The van der Waals surface area contributed by atoms with Gasteiger partial charge in [0.25, 0.3) is 0 Å². The summed E-state index contributed by atoms with van der Waals surface area (Å²) in [4.78, 5) is 2.35. The van der Waals surface area contributed by atoms with Crippen molar-refractivity contribution < 1.29 is 9.84 Å². The number of aliphatic hydroxyl groups excluding tert-OH is 1. The number of benzene rings is 1. The monoisotopic (exact) mass is 327 g/mol. The Morgan fingerprint density at radius 1 is 1.18 bits per heavy atom. The molecule has 1 aromatic rings. The largest absolute Gasteiger partial charge is 0.490 e. The van der Waals surface area contributed by atoms with Gasteiger partial charge in [0, 0.05) is 6.54 Å². The van der Waals surface area contributed by atoms with Crippen molar-refractivity contribution >= 4 is 12.4 Å². The highest BCUT2D eigenvalue weighted by atomic mass is 35.5. The second kappa shape index (κ2) is 8.76. The second-order valence-electron chi connectivity index (χ2n) is 6.68. The first-order valence-electron chi connectivity index (χ1n) is 8.06. The van der Waals surface area contributed by atoms with E-state index in [1.54, 1.807) is 0 Å². The number of aryl methyl sites for hydroxylation is 3. The Kier molecular flexibility index (Phi) is 7.67. The Morgan fingerprint density at radius 3 is 2.27 bits per heavy atom. The van der Waals surface area contributed by atoms with Gasteiger partial charge in [0.05, 0.1) is 0 Å². The molecule has 2 rings (SSSR count). The van der Waals surface area contributed by atoms with Crippen LogP contribution in [-0.2, 0) is 0 Å². The molecule has 3 nitrogen and oxygen atoms in total. The molecule has 0 bridgehead atoms. The molecule has 0 radical (unpaired) electrons. The third kappa shape index (κ3) is 5.45. The molecular weight excluding hydrogens is 298 g/mol. The lowest BCUT2D eigenvalue weighted by molar-refractivity contribution is 0.0559. The first-order valence-corrected chi connectivity index (χ1v) is 8.06. The van der Waals surface area contributed by atoms with Crippen LogP contribution in [-0.4, -0.2) is 42.4 Å². The fourth-order valence-corrected chi connectivity index (χ4v) is 3.17. The SMILES string of the molecule is Cc1cc(C)c(OCC(O)CN2CCC(C)CC2)c(C)c1.Cl. The molecule has 1 saturated heterocycles. The van der Waals surface area contributed by atoms with E-state index in [-0.39, 0.29) is 12.4 Å². The topological polar surface area (TPSA) is 32.7 Å². The lowest BCUT2D eigenvalue weighted by Crippen LogP contribution is -2.40. The summed E-state index contributed by atoms with van der Waals surface area (Å²) < 4.78 is 5.87. The van der Waals surface area contributed by atoms with Crippen molar-refractivity contribution in [3.05, 3.63) is 28.8 Å². The maximum atomic E-state index is 10.2. The van der Waals surface area contributed by atoms with Crippen molar-refractivity contribution in [2.75, 3.05) is 26.2 Å². The van der Waals surface area contributed by atoms with Gasteiger partial charge < -0.3 is 14.7 Å². The van der Waals surface area contributed by atoms with Crippen molar-refractivity contribution in [1.82, 2.24) is 4.90 Å². The van der Waals surface area contributed by atoms with Crippen LogP contribution in [0, 0.1) is 26.7 Å². The van der Waals surface area contributed by atoms with Gasteiger partial charge in [-0.15, -0.1) is 12.4 Å². The lowest BCUT2D eigenvalue weighted by atomic mass is 9.99. The number of hydrogen-bond acceptors (Lipinski definition) is 3. The lowest BCUT2D eigenvalue weighted by Gasteiger charge is -2.31. The van der Waals surface area contributed by atoms with Crippen LogP contribution >= 0.6 is 12.4 Å². The minimum atomic E-state index is -0.418. The third-order valence-electron chi connectivity index (χ3n) is 4.37. The predicted octanol–water partition coefficient (Wildman–Crippen LogP) is 3.51. The van der Waals surface area contributed by atoms with Gasteiger partial charge in [-0.25, -0.2) is 0 Å². The Morgan fingerprint density at radius 2 is 1.73 bits per heavy atom. The minimum absolute atomic E-state index is 0. The summed E-state index contributed by atoms with van der Waals surface area (Å²) in [6, 6.07) is 4.25. The molecule has 0 amide bonds. The molecule has 1 N–H and O–H groups in total. The summed E-state index contributed by atoms with van der Waals surface area (Å²) in [6.07, 6.45) is 2.06. The number of hydrogen-bond donors (Lipinski definition) is 1. The second-order valence-corrected chi connectivity index (χ2v) is 6.68. The van der Waals surface area contributed by atoms with E-state index >= 15 is 0 Å². The van der Waals surface area contributed by atoms with Gasteiger partial charge in [-0.2, -0.15) is 0 Å². The van der Waals surface area contributed by atoms with Crippen LogP contribution in [0.25, 0.3) is 0 Å². The predicted molar refractivity (Wildman–Crippen MR) is 94.2 cm³/mol. The summed E-state index contributed by atoms with van der Waals surface area (Å²) in [6.45, 7) is 11.8. The molecule has 0 saturated carbocycles. The number of piperidine rings is 1. The number of ether oxygens (including phenoxy) is 1. The number of halogens is 1. The Labute approximate surface area is 141 Å². The summed E-state index contributed by atoms with van der Waals surface area (Å²) >= 11 is 0. The Balaban J connectivity index is 0.00000242. The van der Waals surface area contributed by atoms with Crippen molar-refractivity contribution in [2.45, 2.75) is 46.6 Å². The molecule has 126 valence electrons. The van der Waals surface area contributed by atoms with E-state index in [2.05, 4.69) is 44.7 Å². The molecule has 1 aromatic carbocycles. The van der Waals surface area contributed by atoms with Gasteiger partial charge >= 0.3 is 0 Å². The van der Waals surface area contributed by atoms with E-state index in [9.17, 15) is 5.11 Å². The number of nitrogens with zero attached hydrogens (tertiary/aromatic N) is 1. The number of β-amino-alcohol motifs (C(OH)–C–C–N with tert-alkyl or cyclic N) is 1. The molecule has 1 heterocycles. The van der Waals surface area contributed by atoms with Gasteiger partial charge in [-0.3, -0.25) is 0 Å². The highest BCUT2D eigenvalue weighted by Crippen LogP contribution is 2.24. The minimum Gasteiger partial charge on any atom is -0.490 e. The third-order valence-corrected chi connectivity index (χ3v) is 4.37. The van der Waals surface area contributed by atoms with E-state index in [1.165, 1.54) is 18.4 Å². The van der Waals surface area contributed by atoms with Crippen LogP contribution in [0.1, 0.15) is 36.5 Å². The fraction of sp³-hybridized carbons (Fsp3) is 0.667. The highest BCUT2D eigenvalue weighted by Gasteiger charge is 2.19. The van der Waals surface area contributed by atoms with Crippen LogP contribution in [0.3, 0.4) is 0 Å². The van der Waals surface area contributed by atoms with Crippen molar-refractivity contribution in [2.24, 2.45) is 5.92 Å². The molecule has 22 heavy (non-hydrogen) atoms. The average molecular weight is 328 g/mol. The van der Waals surface area contributed by atoms with Crippen molar-refractivity contribution in [3.63, 3.8) is 0 Å². The maximum Gasteiger partial charge on any atom is 0.125 e. The molecule has 0 spiro atoms. The molecule has 0 aromatic heterocycles. The van der Waals surface area contributed by atoms with Gasteiger partial charge in [0.15, 0.2) is 0 Å². The molecule has 0 aliphatic carbocycles. The van der Waals surface area contributed by atoms with E-state index < -0.39 is 6.10 Å². The van der Waals surface area contributed by atoms with Gasteiger partial charge in [-0.05, 0) is 63.7 Å². The van der Waals surface area contributed by atoms with E-state index in [0.29, 0.717) is 6.61 Å². The van der Waals surface area contributed by atoms with Crippen LogP contribution in [0.15, 0.2) is 12.1 Å². The number of rotatable bonds is 5. The Hall–Kier alpha value is -0.770. The van der Waals surface area contributed by atoms with Gasteiger partial charge in [-0.1, -0.05) is 24.6 Å². The normalized spacial score (nSPS) is 17.9. The zero-order chi connectivity index (χ0) is 15.4. The zero-order valence-corrected chi connectivity index (χ0v) is 15.1. The maximum absolute atomic E-state index is 10.2. The molecule has 1 unspecified atom stereocenters. The van der Waals surface area contributed by atoms with Crippen molar-refractivity contribution in [1.29, 1.82) is 0 Å². The highest BCUT2D eigenvalue weighted by molar-refractivity contribution is 5.85. The zero-order valence-electron chi connectivity index (χ0n) is 14.3. The summed E-state index contributed by atoms with van der Waals surface area (Å²) in [5, 5.41) is 10.2. The number of aliphatic hydroxyl groups is 1. The van der Waals surface area contributed by atoms with Crippen LogP contribution in [0.5, 0.6) is 5.75 Å². The van der Waals surface area contributed by atoms with Crippen LogP contribution in [0.4, 0.5) is 0 Å². The fourth-order valence-electron chi connectivity index (χ4n) is 3.17. The first-order chi connectivity index (χ1) is 9.95. The average Bonchev–Trinajstić information content (AvgIpc) is 2.40. The van der Waals surface area contributed by atoms with E-state index in [4.69, 9.17) is 4.74 Å². The van der Waals surface area contributed by atoms with E-state index in [1.807, 2.05) is 0 Å². The Bertz CT molecular complexity index is 447. The first kappa shape index (κ1) is 19.3. The standard InChI is InChI=1S/C18H29NO2.ClH/c1-13-5-7-19(8-6-13)11-17(20)12-21-18-15(3)9-14(2)10-16(18)4;/h9-10,13,17,20H,5-8,11-12H2,1-4H3;1H. The van der Waals surface area contributed by atoms with Gasteiger partial charge in [0.2, 0.25) is 0 Å². The number of likely N-dealkylation sites (tertiary alicyclic amines) is 1. The van der Waals surface area contributed by atoms with E-state index in [0.717, 1.165) is 42.4 Å². The summed E-state index contributed by atoms with van der Waals surface area (Å²) in [7, 11) is 0. The van der Waals surface area contributed by atoms with Crippen LogP contribution in [0.2, 0.25) is 0 Å². The quantitative estimate of drug-likeness (QED) is 0.898. The molecule has 1 atom stereocenters. The van der Waals surface area contributed by atoms with Gasteiger partial charge in [0.1, 0.15) is 18.5 Å². The molecular formula is C18H30ClNO2.